The van der Waals surface area contributed by atoms with Crippen LogP contribution >= 0.6 is 0 Å². The smallest absolute Gasteiger partial charge is 0.219 e. The molecular formula is C14H33N3O2. The molecule has 1 heterocycles. The number of nitrogens with one attached hydrogen (secondary N) is 2. The molecule has 1 aliphatic rings. The average Bonchev–Trinajstić information content (AvgIpc) is 2.50. The summed E-state index contributed by atoms with van der Waals surface area (Å²) in [6.45, 7) is 15.3. The van der Waals surface area contributed by atoms with E-state index in [1.807, 2.05) is 20.8 Å². The highest BCUT2D eigenvalue weighted by molar-refractivity contribution is 5.74. The van der Waals surface area contributed by atoms with E-state index < -0.39 is 0 Å². The first kappa shape index (κ1) is 20.7. The van der Waals surface area contributed by atoms with Crippen molar-refractivity contribution in [1.29, 1.82) is 0 Å². The van der Waals surface area contributed by atoms with Gasteiger partial charge in [-0.25, -0.2) is 0 Å². The molecule has 1 amide bonds. The van der Waals surface area contributed by atoms with E-state index in [0.717, 1.165) is 45.9 Å². The van der Waals surface area contributed by atoms with Gasteiger partial charge < -0.3 is 15.4 Å². The van der Waals surface area contributed by atoms with Crippen molar-refractivity contribution in [3.05, 3.63) is 0 Å². The Hall–Kier alpha value is -0.650. The van der Waals surface area contributed by atoms with E-state index in [1.54, 1.807) is 7.05 Å². The summed E-state index contributed by atoms with van der Waals surface area (Å²) >= 11 is 0. The maximum absolute atomic E-state index is 10.1. The lowest BCUT2D eigenvalue weighted by Crippen LogP contribution is -2.40. The first-order valence-corrected chi connectivity index (χ1v) is 7.46. The zero-order chi connectivity index (χ0) is 14.9. The second kappa shape index (κ2) is 17.4. The molecule has 0 saturated carbocycles. The Morgan fingerprint density at radius 3 is 2.16 bits per heavy atom. The molecule has 116 valence electrons. The molecular weight excluding hydrogens is 242 g/mol. The van der Waals surface area contributed by atoms with Crippen molar-refractivity contribution >= 4 is 5.91 Å². The standard InChI is InChI=1S/C8H18N2O.C4H9NO.C2H6/c1-2-9-3-4-10-5-7-11-8-6-10;1-3-4(6)5-2;1-2/h9H,2-8H2,1H3;3H2,1-2H3,(H,5,6);1-2H3. The first-order valence-electron chi connectivity index (χ1n) is 7.46. The van der Waals surface area contributed by atoms with Crippen molar-refractivity contribution in [3.63, 3.8) is 0 Å². The van der Waals surface area contributed by atoms with Gasteiger partial charge in [0.2, 0.25) is 5.91 Å². The number of carbonyl (C=O) groups excluding carboxylic acids is 1. The van der Waals surface area contributed by atoms with Crippen molar-refractivity contribution in [2.75, 3.05) is 53.0 Å². The van der Waals surface area contributed by atoms with Crippen LogP contribution in [-0.2, 0) is 9.53 Å². The summed E-state index contributed by atoms with van der Waals surface area (Å²) < 4.78 is 5.24. The van der Waals surface area contributed by atoms with E-state index in [4.69, 9.17) is 4.74 Å². The fraction of sp³-hybridized carbons (Fsp3) is 0.929. The third kappa shape index (κ3) is 15.3. The molecule has 0 aromatic rings. The molecule has 0 radical (unpaired) electrons. The minimum absolute atomic E-state index is 0.0926. The number of likely N-dealkylation sites (N-methyl/N-ethyl adjacent to an activating group) is 1. The third-order valence-electron chi connectivity index (χ3n) is 2.56. The molecule has 1 fully saturated rings. The number of ether oxygens (including phenoxy) is 1. The normalized spacial score (nSPS) is 14.6. The van der Waals surface area contributed by atoms with Gasteiger partial charge in [-0.15, -0.1) is 0 Å². The van der Waals surface area contributed by atoms with Crippen molar-refractivity contribution < 1.29 is 9.53 Å². The molecule has 0 spiro atoms. The summed E-state index contributed by atoms with van der Waals surface area (Å²) in [6, 6.07) is 0. The van der Waals surface area contributed by atoms with Gasteiger partial charge in [-0.05, 0) is 6.54 Å². The number of carbonyl (C=O) groups is 1. The van der Waals surface area contributed by atoms with E-state index in [9.17, 15) is 4.79 Å². The molecule has 0 aliphatic carbocycles. The fourth-order valence-corrected chi connectivity index (χ4v) is 1.42. The Morgan fingerprint density at radius 2 is 1.79 bits per heavy atom. The fourth-order valence-electron chi connectivity index (χ4n) is 1.42. The maximum atomic E-state index is 10.1. The van der Waals surface area contributed by atoms with Crippen LogP contribution in [0.3, 0.4) is 0 Å². The van der Waals surface area contributed by atoms with Gasteiger partial charge in [0.05, 0.1) is 13.2 Å². The molecule has 19 heavy (non-hydrogen) atoms. The quantitative estimate of drug-likeness (QED) is 0.738. The van der Waals surface area contributed by atoms with E-state index in [0.29, 0.717) is 6.42 Å². The molecule has 0 bridgehead atoms. The zero-order valence-corrected chi connectivity index (χ0v) is 13.4. The van der Waals surface area contributed by atoms with E-state index in [-0.39, 0.29) is 5.91 Å². The van der Waals surface area contributed by atoms with Crippen molar-refractivity contribution in [3.8, 4) is 0 Å². The topological polar surface area (TPSA) is 53.6 Å². The first-order chi connectivity index (χ1) is 9.24. The van der Waals surface area contributed by atoms with Crippen molar-refractivity contribution in [2.45, 2.75) is 34.1 Å². The lowest BCUT2D eigenvalue weighted by molar-refractivity contribution is -0.120. The maximum Gasteiger partial charge on any atom is 0.219 e. The van der Waals surface area contributed by atoms with Crippen LogP contribution in [0.2, 0.25) is 0 Å². The van der Waals surface area contributed by atoms with Crippen LogP contribution in [0.4, 0.5) is 0 Å². The Labute approximate surface area is 119 Å². The summed E-state index contributed by atoms with van der Waals surface area (Å²) in [5, 5.41) is 5.79. The van der Waals surface area contributed by atoms with Crippen molar-refractivity contribution in [2.24, 2.45) is 0 Å². The Morgan fingerprint density at radius 1 is 1.21 bits per heavy atom. The molecule has 5 heteroatoms. The number of morpholine rings is 1. The van der Waals surface area contributed by atoms with Crippen LogP contribution in [0.15, 0.2) is 0 Å². The molecule has 5 nitrogen and oxygen atoms in total. The number of amides is 1. The molecule has 2 N–H and O–H groups in total. The zero-order valence-electron chi connectivity index (χ0n) is 13.4. The second-order valence-electron chi connectivity index (χ2n) is 3.83. The largest absolute Gasteiger partial charge is 0.379 e. The molecule has 0 atom stereocenters. The molecule has 1 aliphatic heterocycles. The predicted octanol–water partition coefficient (Wildman–Crippen LogP) is 1.10. The number of hydrogen-bond acceptors (Lipinski definition) is 4. The summed E-state index contributed by atoms with van der Waals surface area (Å²) in [6.07, 6.45) is 0.580. The van der Waals surface area contributed by atoms with Gasteiger partial charge in [-0.2, -0.15) is 0 Å². The Balaban J connectivity index is 0. The summed E-state index contributed by atoms with van der Waals surface area (Å²) in [5.41, 5.74) is 0. The molecule has 0 aromatic carbocycles. The molecule has 1 rings (SSSR count). The molecule has 0 aromatic heterocycles. The van der Waals surface area contributed by atoms with Gasteiger partial charge in [-0.3, -0.25) is 9.69 Å². The highest BCUT2D eigenvalue weighted by atomic mass is 16.5. The van der Waals surface area contributed by atoms with Crippen LogP contribution in [0.25, 0.3) is 0 Å². The summed E-state index contributed by atoms with van der Waals surface area (Å²) in [5.74, 6) is 0.0926. The van der Waals surface area contributed by atoms with Gasteiger partial charge in [0.15, 0.2) is 0 Å². The average molecular weight is 275 g/mol. The number of rotatable bonds is 5. The van der Waals surface area contributed by atoms with Gasteiger partial charge >= 0.3 is 0 Å². The van der Waals surface area contributed by atoms with E-state index in [1.165, 1.54) is 0 Å². The SMILES string of the molecule is CC.CCC(=O)NC.CCNCCN1CCOCC1. The minimum Gasteiger partial charge on any atom is -0.379 e. The van der Waals surface area contributed by atoms with Crippen LogP contribution in [0.1, 0.15) is 34.1 Å². The number of nitrogens with zero attached hydrogens (tertiary/aromatic N) is 1. The van der Waals surface area contributed by atoms with Gasteiger partial charge in [0.25, 0.3) is 0 Å². The van der Waals surface area contributed by atoms with E-state index >= 15 is 0 Å². The highest BCUT2D eigenvalue weighted by Gasteiger charge is 2.08. The Bertz CT molecular complexity index is 178. The van der Waals surface area contributed by atoms with E-state index in [2.05, 4.69) is 22.5 Å². The monoisotopic (exact) mass is 275 g/mol. The second-order valence-corrected chi connectivity index (χ2v) is 3.83. The predicted molar refractivity (Wildman–Crippen MR) is 81.5 cm³/mol. The highest BCUT2D eigenvalue weighted by Crippen LogP contribution is 1.94. The number of hydrogen-bond donors (Lipinski definition) is 2. The summed E-state index contributed by atoms with van der Waals surface area (Å²) in [4.78, 5) is 12.5. The summed E-state index contributed by atoms with van der Waals surface area (Å²) in [7, 11) is 1.63. The lowest BCUT2D eigenvalue weighted by Gasteiger charge is -2.26. The van der Waals surface area contributed by atoms with Crippen LogP contribution in [0, 0.1) is 0 Å². The van der Waals surface area contributed by atoms with Gasteiger partial charge in [0.1, 0.15) is 0 Å². The van der Waals surface area contributed by atoms with Crippen LogP contribution in [0.5, 0.6) is 0 Å². The minimum atomic E-state index is 0.0926. The van der Waals surface area contributed by atoms with Crippen LogP contribution < -0.4 is 10.6 Å². The van der Waals surface area contributed by atoms with Gasteiger partial charge in [0, 0.05) is 39.6 Å². The van der Waals surface area contributed by atoms with Crippen LogP contribution in [-0.4, -0.2) is 63.8 Å². The lowest BCUT2D eigenvalue weighted by atomic mass is 10.4. The Kier molecular flexibility index (Phi) is 18.9. The molecule has 1 saturated heterocycles. The third-order valence-corrected chi connectivity index (χ3v) is 2.56. The van der Waals surface area contributed by atoms with Crippen molar-refractivity contribution in [1.82, 2.24) is 15.5 Å². The van der Waals surface area contributed by atoms with Gasteiger partial charge in [-0.1, -0.05) is 27.7 Å². The molecule has 0 unspecified atom stereocenters.